The molecule has 0 saturated carbocycles. The van der Waals surface area contributed by atoms with Crippen molar-refractivity contribution in [1.29, 1.82) is 0 Å². The molecule has 1 aromatic rings. The van der Waals surface area contributed by atoms with Gasteiger partial charge in [-0.2, -0.15) is 0 Å². The average Bonchev–Trinajstić information content (AvgIpc) is 2.95. The molecule has 20 heavy (non-hydrogen) atoms. The SMILES string of the molecule is CCN(C(=O)CSc1nnc(CN)o1)C1=CCCCC1. The molecule has 2 rings (SSSR count). The fourth-order valence-electron chi connectivity index (χ4n) is 2.19. The lowest BCUT2D eigenvalue weighted by molar-refractivity contribution is -0.126. The highest BCUT2D eigenvalue weighted by Gasteiger charge is 2.19. The van der Waals surface area contributed by atoms with Gasteiger partial charge in [-0.05, 0) is 32.6 Å². The van der Waals surface area contributed by atoms with Crippen LogP contribution in [-0.4, -0.2) is 33.3 Å². The van der Waals surface area contributed by atoms with E-state index in [2.05, 4.69) is 16.3 Å². The first-order valence-corrected chi connectivity index (χ1v) is 7.87. The van der Waals surface area contributed by atoms with Gasteiger partial charge in [-0.15, -0.1) is 10.2 Å². The van der Waals surface area contributed by atoms with Gasteiger partial charge in [-0.25, -0.2) is 0 Å². The fourth-order valence-corrected chi connectivity index (χ4v) is 2.84. The minimum absolute atomic E-state index is 0.0816. The van der Waals surface area contributed by atoms with E-state index in [0.29, 0.717) is 23.4 Å². The summed E-state index contributed by atoms with van der Waals surface area (Å²) in [5.41, 5.74) is 6.55. The number of nitrogens with two attached hydrogens (primary N) is 1. The molecule has 0 unspecified atom stereocenters. The van der Waals surface area contributed by atoms with Crippen LogP contribution in [0.5, 0.6) is 0 Å². The monoisotopic (exact) mass is 296 g/mol. The number of allylic oxidation sites excluding steroid dienone is 2. The maximum atomic E-state index is 12.3. The third kappa shape index (κ3) is 3.83. The fraction of sp³-hybridized carbons (Fsp3) is 0.615. The topological polar surface area (TPSA) is 85.2 Å². The lowest BCUT2D eigenvalue weighted by Gasteiger charge is -2.26. The summed E-state index contributed by atoms with van der Waals surface area (Å²) in [5, 5.41) is 8.00. The quantitative estimate of drug-likeness (QED) is 0.807. The Morgan fingerprint density at radius 2 is 2.35 bits per heavy atom. The standard InChI is InChI=1S/C13H20N4O2S/c1-2-17(10-6-4-3-5-7-10)12(18)9-20-13-16-15-11(8-14)19-13/h6H,2-5,7-9,14H2,1H3. The second-order valence-corrected chi connectivity index (χ2v) is 5.46. The Labute approximate surface area is 122 Å². The zero-order valence-corrected chi connectivity index (χ0v) is 12.5. The molecule has 0 spiro atoms. The molecule has 110 valence electrons. The van der Waals surface area contributed by atoms with Gasteiger partial charge < -0.3 is 15.1 Å². The van der Waals surface area contributed by atoms with Gasteiger partial charge in [0.2, 0.25) is 11.8 Å². The third-order valence-electron chi connectivity index (χ3n) is 3.17. The van der Waals surface area contributed by atoms with E-state index in [1.54, 1.807) is 0 Å². The van der Waals surface area contributed by atoms with Gasteiger partial charge in [0.15, 0.2) is 0 Å². The van der Waals surface area contributed by atoms with Crippen molar-refractivity contribution in [2.24, 2.45) is 5.73 Å². The number of thioether (sulfide) groups is 1. The zero-order chi connectivity index (χ0) is 14.4. The number of amides is 1. The van der Waals surface area contributed by atoms with Crippen LogP contribution in [-0.2, 0) is 11.3 Å². The molecule has 0 fully saturated rings. The second-order valence-electron chi connectivity index (χ2n) is 4.53. The zero-order valence-electron chi connectivity index (χ0n) is 11.7. The predicted molar refractivity (Wildman–Crippen MR) is 76.9 cm³/mol. The second kappa shape index (κ2) is 7.44. The van der Waals surface area contributed by atoms with Gasteiger partial charge in [-0.1, -0.05) is 17.8 Å². The van der Waals surface area contributed by atoms with E-state index in [4.69, 9.17) is 10.2 Å². The maximum Gasteiger partial charge on any atom is 0.277 e. The summed E-state index contributed by atoms with van der Waals surface area (Å²) in [5.74, 6) is 0.776. The molecule has 0 bridgehead atoms. The Morgan fingerprint density at radius 3 is 2.95 bits per heavy atom. The molecule has 0 saturated heterocycles. The smallest absolute Gasteiger partial charge is 0.277 e. The van der Waals surface area contributed by atoms with Crippen LogP contribution < -0.4 is 5.73 Å². The molecule has 1 aliphatic rings. The van der Waals surface area contributed by atoms with E-state index in [1.165, 1.54) is 18.2 Å². The van der Waals surface area contributed by atoms with Crippen LogP contribution >= 0.6 is 11.8 Å². The van der Waals surface area contributed by atoms with Crippen molar-refractivity contribution in [2.75, 3.05) is 12.3 Å². The van der Waals surface area contributed by atoms with Crippen LogP contribution in [0.3, 0.4) is 0 Å². The predicted octanol–water partition coefficient (Wildman–Crippen LogP) is 1.93. The van der Waals surface area contributed by atoms with Crippen LogP contribution in [0.25, 0.3) is 0 Å². The summed E-state index contributed by atoms with van der Waals surface area (Å²) < 4.78 is 5.27. The summed E-state index contributed by atoms with van der Waals surface area (Å²) in [6.07, 6.45) is 6.60. The molecule has 6 nitrogen and oxygen atoms in total. The van der Waals surface area contributed by atoms with E-state index >= 15 is 0 Å². The molecule has 0 radical (unpaired) electrons. The van der Waals surface area contributed by atoms with Crippen molar-refractivity contribution in [3.8, 4) is 0 Å². The third-order valence-corrected chi connectivity index (χ3v) is 3.98. The van der Waals surface area contributed by atoms with Crippen molar-refractivity contribution < 1.29 is 9.21 Å². The van der Waals surface area contributed by atoms with Crippen molar-refractivity contribution in [3.63, 3.8) is 0 Å². The van der Waals surface area contributed by atoms with E-state index in [9.17, 15) is 4.79 Å². The molecule has 2 N–H and O–H groups in total. The number of nitrogens with zero attached hydrogens (tertiary/aromatic N) is 3. The van der Waals surface area contributed by atoms with Crippen LogP contribution in [0.1, 0.15) is 38.5 Å². The highest BCUT2D eigenvalue weighted by Crippen LogP contribution is 2.23. The molecule has 1 amide bonds. The molecular weight excluding hydrogens is 276 g/mol. The van der Waals surface area contributed by atoms with Crippen LogP contribution in [0, 0.1) is 0 Å². The minimum Gasteiger partial charge on any atom is -0.415 e. The lowest BCUT2D eigenvalue weighted by atomic mass is 10.0. The number of carbonyl (C=O) groups is 1. The Morgan fingerprint density at radius 1 is 1.50 bits per heavy atom. The molecule has 1 heterocycles. The number of aromatic nitrogens is 2. The van der Waals surface area contributed by atoms with Crippen LogP contribution in [0.2, 0.25) is 0 Å². The minimum atomic E-state index is 0.0816. The maximum absolute atomic E-state index is 12.3. The van der Waals surface area contributed by atoms with Crippen molar-refractivity contribution in [2.45, 2.75) is 44.4 Å². The Bertz CT molecular complexity index is 486. The number of hydrogen-bond acceptors (Lipinski definition) is 6. The molecule has 0 aliphatic heterocycles. The van der Waals surface area contributed by atoms with E-state index < -0.39 is 0 Å². The molecule has 0 aromatic carbocycles. The van der Waals surface area contributed by atoms with Crippen LogP contribution in [0.4, 0.5) is 0 Å². The Hall–Kier alpha value is -1.34. The Balaban J connectivity index is 1.90. The van der Waals surface area contributed by atoms with E-state index in [1.807, 2.05) is 11.8 Å². The number of rotatable bonds is 6. The molecule has 7 heteroatoms. The van der Waals surface area contributed by atoms with Gasteiger partial charge in [0.1, 0.15) is 0 Å². The first kappa shape index (κ1) is 15.1. The van der Waals surface area contributed by atoms with E-state index in [-0.39, 0.29) is 12.5 Å². The molecule has 1 aliphatic carbocycles. The normalized spacial score (nSPS) is 15.0. The average molecular weight is 296 g/mol. The highest BCUT2D eigenvalue weighted by atomic mass is 32.2. The van der Waals surface area contributed by atoms with Crippen LogP contribution in [0.15, 0.2) is 21.4 Å². The summed E-state index contributed by atoms with van der Waals surface area (Å²) in [7, 11) is 0. The number of carbonyl (C=O) groups excluding carboxylic acids is 1. The van der Waals surface area contributed by atoms with Gasteiger partial charge in [-0.3, -0.25) is 4.79 Å². The largest absolute Gasteiger partial charge is 0.415 e. The highest BCUT2D eigenvalue weighted by molar-refractivity contribution is 7.99. The molecule has 0 atom stereocenters. The molecule has 1 aromatic heterocycles. The van der Waals surface area contributed by atoms with Gasteiger partial charge in [0, 0.05) is 12.2 Å². The first-order chi connectivity index (χ1) is 9.74. The van der Waals surface area contributed by atoms with Gasteiger partial charge >= 0.3 is 0 Å². The summed E-state index contributed by atoms with van der Waals surface area (Å²) in [6.45, 7) is 2.91. The van der Waals surface area contributed by atoms with Crippen molar-refractivity contribution >= 4 is 17.7 Å². The summed E-state index contributed by atoms with van der Waals surface area (Å²) in [6, 6.07) is 0. The summed E-state index contributed by atoms with van der Waals surface area (Å²) >= 11 is 1.26. The van der Waals surface area contributed by atoms with Crippen molar-refractivity contribution in [3.05, 3.63) is 17.7 Å². The Kier molecular flexibility index (Phi) is 5.60. The van der Waals surface area contributed by atoms with Gasteiger partial charge in [0.25, 0.3) is 5.22 Å². The molecular formula is C13H20N4O2S. The van der Waals surface area contributed by atoms with Crippen molar-refractivity contribution in [1.82, 2.24) is 15.1 Å². The number of hydrogen-bond donors (Lipinski definition) is 1. The first-order valence-electron chi connectivity index (χ1n) is 6.89. The summed E-state index contributed by atoms with van der Waals surface area (Å²) in [4.78, 5) is 14.1. The lowest BCUT2D eigenvalue weighted by Crippen LogP contribution is -2.32. The van der Waals surface area contributed by atoms with Gasteiger partial charge in [0.05, 0.1) is 12.3 Å². The van der Waals surface area contributed by atoms with E-state index in [0.717, 1.165) is 25.0 Å².